The van der Waals surface area contributed by atoms with Crippen LogP contribution in [0.4, 0.5) is 10.6 Å². The van der Waals surface area contributed by atoms with Gasteiger partial charge in [0.15, 0.2) is 17.0 Å². The van der Waals surface area contributed by atoms with E-state index in [9.17, 15) is 28.9 Å². The van der Waals surface area contributed by atoms with Crippen molar-refractivity contribution in [3.05, 3.63) is 73.9 Å². The Bertz CT molecular complexity index is 2050. The standard InChI is InChI=1S/C41H57N8O14P/c1-9-17-57-41(54)46-31(39(52)45-30(20-27(3)4)40(53)56-19-16-49(6,7)8)23-59-64(55,63-58-18-10-2)60-24-33-32(61-28(5)50)22-35(62-33)48-26-44-36-37(42-25-43-38(36)48)47-34(51)21-29-14-12-11-13-15-29/h9-15,25-27,30-33,35H,1-2,16-24H2,3-8H3,(H2-,42,43,45,46,47,51,52,54)/p+1/t30-,31-,32-,33+,35+,64?/m0/s1. The maximum absolute atomic E-state index is 14.1. The quantitative estimate of drug-likeness (QED) is 0.0153. The van der Waals surface area contributed by atoms with E-state index < -0.39 is 75.8 Å². The molecule has 3 heterocycles. The van der Waals surface area contributed by atoms with Gasteiger partial charge in [0.05, 0.1) is 33.9 Å². The van der Waals surface area contributed by atoms with Crippen LogP contribution in [0.3, 0.4) is 0 Å². The van der Waals surface area contributed by atoms with Crippen LogP contribution >= 0.6 is 8.17 Å². The second-order valence-corrected chi connectivity index (χ2v) is 17.5. The van der Waals surface area contributed by atoms with Crippen molar-refractivity contribution in [1.29, 1.82) is 0 Å². The van der Waals surface area contributed by atoms with E-state index in [0.29, 0.717) is 11.0 Å². The lowest BCUT2D eigenvalue weighted by molar-refractivity contribution is -0.870. The Balaban J connectivity index is 1.51. The van der Waals surface area contributed by atoms with Crippen molar-refractivity contribution < 1.29 is 70.9 Å². The fourth-order valence-corrected chi connectivity index (χ4v) is 7.02. The summed E-state index contributed by atoms with van der Waals surface area (Å²) in [7, 11) is 0.947. The van der Waals surface area contributed by atoms with Crippen LogP contribution in [-0.2, 0) is 63.2 Å². The molecule has 3 N–H and O–H groups in total. The molecule has 1 fully saturated rings. The molecule has 3 amide bonds. The first kappa shape index (κ1) is 51.2. The van der Waals surface area contributed by atoms with Gasteiger partial charge >= 0.3 is 26.2 Å². The van der Waals surface area contributed by atoms with E-state index in [1.165, 1.54) is 31.7 Å². The molecule has 1 aliphatic heterocycles. The van der Waals surface area contributed by atoms with Gasteiger partial charge in [-0.1, -0.05) is 62.9 Å². The Morgan fingerprint density at radius 3 is 2.41 bits per heavy atom. The number of phosphoric acid groups is 1. The van der Waals surface area contributed by atoms with Crippen molar-refractivity contribution in [2.24, 2.45) is 5.92 Å². The summed E-state index contributed by atoms with van der Waals surface area (Å²) in [4.78, 5) is 96.7. The zero-order valence-electron chi connectivity index (χ0n) is 36.8. The molecule has 1 aromatic carbocycles. The van der Waals surface area contributed by atoms with E-state index in [-0.39, 0.29) is 67.9 Å². The van der Waals surface area contributed by atoms with Gasteiger partial charge in [-0.3, -0.25) is 19.0 Å². The van der Waals surface area contributed by atoms with Crippen LogP contribution in [0.2, 0.25) is 0 Å². The van der Waals surface area contributed by atoms with Crippen LogP contribution in [0.1, 0.15) is 45.4 Å². The molecule has 0 saturated carbocycles. The van der Waals surface area contributed by atoms with Crippen LogP contribution in [-0.4, -0.2) is 139 Å². The SMILES string of the molecule is C=CCOO[P+]([O-])(OC[C@H](NC(=O)OCC=C)C(=O)N[C@@H](CC(C)C)C(=O)OCC[N+](C)(C)C)OC[C@H]1O[C@@H](n2cnc3c(NC(=O)Cc4ccccc4)ncnc32)C[C@@H]1OC(C)=O. The summed E-state index contributed by atoms with van der Waals surface area (Å²) < 4.78 is 40.6. The number of imidazole rings is 1. The molecule has 0 spiro atoms. The van der Waals surface area contributed by atoms with Gasteiger partial charge < -0.3 is 44.3 Å². The molecule has 4 rings (SSSR count). The van der Waals surface area contributed by atoms with E-state index in [1.807, 2.05) is 65.3 Å². The number of benzene rings is 1. The molecule has 3 aromatic rings. The number of fused-ring (bicyclic) bond motifs is 1. The summed E-state index contributed by atoms with van der Waals surface area (Å²) in [5.41, 5.74) is 1.34. The van der Waals surface area contributed by atoms with Crippen molar-refractivity contribution >= 4 is 55.0 Å². The maximum Gasteiger partial charge on any atom is 0.421 e. The number of hydrogen-bond acceptors (Lipinski definition) is 17. The summed E-state index contributed by atoms with van der Waals surface area (Å²) in [5, 5.41) is 7.68. The lowest BCUT2D eigenvalue weighted by Gasteiger charge is -2.28. The number of likely N-dealkylation sites (N-methyl/N-ethyl adjacent to an activating group) is 1. The number of nitrogens with one attached hydrogen (secondary N) is 3. The van der Waals surface area contributed by atoms with Crippen LogP contribution in [0.25, 0.3) is 11.2 Å². The molecule has 0 radical (unpaired) electrons. The van der Waals surface area contributed by atoms with E-state index in [1.54, 1.807) is 4.57 Å². The second kappa shape index (κ2) is 24.6. The number of amides is 3. The number of carbonyl (C=O) groups is 5. The van der Waals surface area contributed by atoms with E-state index >= 15 is 0 Å². The van der Waals surface area contributed by atoms with E-state index in [4.69, 9.17) is 37.6 Å². The van der Waals surface area contributed by atoms with Crippen LogP contribution in [0.5, 0.6) is 0 Å². The summed E-state index contributed by atoms with van der Waals surface area (Å²) in [5.74, 6) is -2.50. The monoisotopic (exact) mass is 917 g/mol. The zero-order valence-corrected chi connectivity index (χ0v) is 37.7. The minimum Gasteiger partial charge on any atom is -0.603 e. The average molecular weight is 918 g/mol. The minimum absolute atomic E-state index is 0.0477. The predicted molar refractivity (Wildman–Crippen MR) is 228 cm³/mol. The average Bonchev–Trinajstić information content (AvgIpc) is 3.84. The molecule has 6 atom stereocenters. The zero-order chi connectivity index (χ0) is 46.9. The van der Waals surface area contributed by atoms with Gasteiger partial charge in [-0.15, -0.1) is 6.58 Å². The van der Waals surface area contributed by atoms with Gasteiger partial charge in [0, 0.05) is 13.3 Å². The number of quaternary nitrogens is 1. The number of carbonyl (C=O) groups excluding carboxylic acids is 5. The molecule has 64 heavy (non-hydrogen) atoms. The first-order chi connectivity index (χ1) is 30.4. The molecule has 350 valence electrons. The summed E-state index contributed by atoms with van der Waals surface area (Å²) in [6.45, 7) is 10.6. The van der Waals surface area contributed by atoms with Crippen LogP contribution in [0.15, 0.2) is 68.3 Å². The largest absolute Gasteiger partial charge is 0.603 e. The number of nitrogens with zero attached hydrogens (tertiary/aromatic N) is 5. The molecule has 1 saturated heterocycles. The normalized spacial score (nSPS) is 18.0. The van der Waals surface area contributed by atoms with E-state index in [0.717, 1.165) is 5.56 Å². The van der Waals surface area contributed by atoms with Crippen LogP contribution < -0.4 is 20.8 Å². The summed E-state index contributed by atoms with van der Waals surface area (Å²) in [6.07, 6.45) is 1.55. The lowest BCUT2D eigenvalue weighted by atomic mass is 10.0. The number of rotatable bonds is 26. The highest BCUT2D eigenvalue weighted by molar-refractivity contribution is 7.53. The molecular weight excluding hydrogens is 859 g/mol. The molecule has 23 heteroatoms. The highest BCUT2D eigenvalue weighted by atomic mass is 31.2. The van der Waals surface area contributed by atoms with Gasteiger partial charge in [0.2, 0.25) is 11.8 Å². The predicted octanol–water partition coefficient (Wildman–Crippen LogP) is 2.49. The fourth-order valence-electron chi connectivity index (χ4n) is 6.00. The number of aromatic nitrogens is 4. The number of esters is 2. The topological polar surface area (TPSA) is 262 Å². The molecule has 0 aliphatic carbocycles. The van der Waals surface area contributed by atoms with Gasteiger partial charge in [-0.25, -0.2) is 24.5 Å². The Morgan fingerprint density at radius 2 is 1.73 bits per heavy atom. The van der Waals surface area contributed by atoms with Crippen molar-refractivity contribution in [3.8, 4) is 0 Å². The summed E-state index contributed by atoms with van der Waals surface area (Å²) in [6, 6.07) is 6.38. The Labute approximate surface area is 371 Å². The van der Waals surface area contributed by atoms with Crippen molar-refractivity contribution in [3.63, 3.8) is 0 Å². The number of ether oxygens (including phenoxy) is 4. The maximum atomic E-state index is 14.1. The Morgan fingerprint density at radius 1 is 1.00 bits per heavy atom. The smallest absolute Gasteiger partial charge is 0.421 e. The molecule has 22 nitrogen and oxygen atoms in total. The highest BCUT2D eigenvalue weighted by Crippen LogP contribution is 2.54. The Hall–Kier alpha value is -5.45. The second-order valence-electron chi connectivity index (χ2n) is 15.9. The fraction of sp³-hybridized carbons (Fsp3) is 0.512. The van der Waals surface area contributed by atoms with Crippen molar-refractivity contribution in [1.82, 2.24) is 30.2 Å². The molecule has 2 aromatic heterocycles. The van der Waals surface area contributed by atoms with Crippen LogP contribution in [0, 0.1) is 5.92 Å². The van der Waals surface area contributed by atoms with Crippen molar-refractivity contribution in [2.45, 2.75) is 70.6 Å². The molecular formula is C41H58N8O14P+. The number of alkyl carbamates (subject to hydrolysis) is 1. The number of anilines is 1. The van der Waals surface area contributed by atoms with Crippen molar-refractivity contribution in [2.75, 3.05) is 66.0 Å². The van der Waals surface area contributed by atoms with Gasteiger partial charge in [-0.05, 0) is 22.6 Å². The Kier molecular flexibility index (Phi) is 19.6. The number of phosphoric ester groups is 1. The molecule has 1 unspecified atom stereocenters. The number of hydrogen-bond donors (Lipinski definition) is 3. The molecule has 1 aliphatic rings. The molecule has 0 bridgehead atoms. The van der Waals surface area contributed by atoms with Gasteiger partial charge in [0.25, 0.3) is 0 Å². The lowest BCUT2D eigenvalue weighted by Crippen LogP contribution is -2.54. The first-order valence-corrected chi connectivity index (χ1v) is 21.8. The third-order valence-corrected chi connectivity index (χ3v) is 10.2. The summed E-state index contributed by atoms with van der Waals surface area (Å²) >= 11 is 0. The third kappa shape index (κ3) is 16.6. The third-order valence-electron chi connectivity index (χ3n) is 9.01. The van der Waals surface area contributed by atoms with Gasteiger partial charge in [0.1, 0.15) is 76.4 Å². The van der Waals surface area contributed by atoms with E-state index in [2.05, 4.69) is 44.1 Å². The van der Waals surface area contributed by atoms with Gasteiger partial charge in [-0.2, -0.15) is 13.9 Å². The minimum atomic E-state index is -4.84. The highest BCUT2D eigenvalue weighted by Gasteiger charge is 2.45. The first-order valence-electron chi connectivity index (χ1n) is 20.4.